The number of nitrogens with zero attached hydrogens (tertiary/aromatic N) is 2. The molecule has 1 aromatic carbocycles. The molecule has 114 valence electrons. The number of aliphatic hydroxyl groups is 1. The van der Waals surface area contributed by atoms with Crippen LogP contribution >= 0.6 is 15.9 Å². The fourth-order valence-electron chi connectivity index (χ4n) is 2.20. The summed E-state index contributed by atoms with van der Waals surface area (Å²) >= 11 is 3.59. The Morgan fingerprint density at radius 3 is 2.62 bits per heavy atom. The minimum absolute atomic E-state index is 0.271. The molecule has 4 nitrogen and oxygen atoms in total. The average Bonchev–Trinajstić information content (AvgIpc) is 2.82. The van der Waals surface area contributed by atoms with Crippen LogP contribution in [-0.4, -0.2) is 27.6 Å². The molecule has 2 rings (SSSR count). The first kappa shape index (κ1) is 16.0. The molecule has 1 aromatic heterocycles. The van der Waals surface area contributed by atoms with Crippen LogP contribution < -0.4 is 4.74 Å². The van der Waals surface area contributed by atoms with E-state index in [9.17, 15) is 5.11 Å². The number of aryl methyl sites for hydroxylation is 2. The highest BCUT2D eigenvalue weighted by atomic mass is 79.9. The van der Waals surface area contributed by atoms with Crippen molar-refractivity contribution in [2.24, 2.45) is 0 Å². The molecular formula is C16H21BrN2O2. The molecule has 0 bridgehead atoms. The average molecular weight is 353 g/mol. The molecule has 5 heteroatoms. The van der Waals surface area contributed by atoms with Gasteiger partial charge in [-0.2, -0.15) is 5.10 Å². The van der Waals surface area contributed by atoms with E-state index < -0.39 is 6.10 Å². The summed E-state index contributed by atoms with van der Waals surface area (Å²) in [6, 6.07) is 9.53. The van der Waals surface area contributed by atoms with Crippen molar-refractivity contribution in [1.82, 2.24) is 9.78 Å². The Bertz CT molecular complexity index is 569. The Balaban J connectivity index is 1.99. The molecule has 1 unspecified atom stereocenters. The summed E-state index contributed by atoms with van der Waals surface area (Å²) < 4.78 is 8.54. The van der Waals surface area contributed by atoms with Crippen LogP contribution in [0, 0.1) is 0 Å². The maximum atomic E-state index is 10.2. The van der Waals surface area contributed by atoms with Gasteiger partial charge < -0.3 is 9.84 Å². The minimum atomic E-state index is -0.562. The topological polar surface area (TPSA) is 47.3 Å². The number of ether oxygens (including phenoxy) is 1. The van der Waals surface area contributed by atoms with Crippen molar-refractivity contribution in [3.63, 3.8) is 0 Å². The maximum Gasteiger partial charge on any atom is 0.119 e. The molecule has 21 heavy (non-hydrogen) atoms. The molecule has 2 aromatic rings. The van der Waals surface area contributed by atoms with Gasteiger partial charge in [0.2, 0.25) is 0 Å². The van der Waals surface area contributed by atoms with Crippen LogP contribution in [0.1, 0.15) is 25.2 Å². The van der Waals surface area contributed by atoms with Gasteiger partial charge in [-0.25, -0.2) is 0 Å². The predicted octanol–water partition coefficient (Wildman–Crippen LogP) is 3.21. The number of aromatic nitrogens is 2. The minimum Gasteiger partial charge on any atom is -0.491 e. The Labute approximate surface area is 133 Å². The van der Waals surface area contributed by atoms with Crippen LogP contribution in [-0.2, 0) is 19.4 Å². The van der Waals surface area contributed by atoms with E-state index in [1.165, 1.54) is 0 Å². The highest BCUT2D eigenvalue weighted by molar-refractivity contribution is 9.10. The van der Waals surface area contributed by atoms with Gasteiger partial charge in [0.15, 0.2) is 0 Å². The normalized spacial score (nSPS) is 12.4. The number of aliphatic hydroxyl groups excluding tert-OH is 1. The van der Waals surface area contributed by atoms with E-state index in [0.29, 0.717) is 6.42 Å². The number of hydrogen-bond donors (Lipinski definition) is 1. The van der Waals surface area contributed by atoms with Crippen LogP contribution in [0.4, 0.5) is 0 Å². The molecule has 0 saturated heterocycles. The molecule has 0 aliphatic heterocycles. The predicted molar refractivity (Wildman–Crippen MR) is 86.6 cm³/mol. The van der Waals surface area contributed by atoms with Crippen molar-refractivity contribution in [2.75, 3.05) is 6.61 Å². The van der Waals surface area contributed by atoms with Crippen molar-refractivity contribution in [2.45, 2.75) is 39.3 Å². The first-order valence-corrected chi connectivity index (χ1v) is 8.04. The summed E-state index contributed by atoms with van der Waals surface area (Å²) in [7, 11) is 0. The van der Waals surface area contributed by atoms with Gasteiger partial charge in [-0.3, -0.25) is 4.68 Å². The standard InChI is InChI=1S/C16H21BrN2O2/c1-3-14-16(17)15(19(4-2)18-14)10-12(20)11-21-13-8-6-5-7-9-13/h5-9,12,20H,3-4,10-11H2,1-2H3. The molecular weight excluding hydrogens is 332 g/mol. The van der Waals surface area contributed by atoms with E-state index in [0.717, 1.165) is 34.6 Å². The van der Waals surface area contributed by atoms with Gasteiger partial charge in [0, 0.05) is 13.0 Å². The summed E-state index contributed by atoms with van der Waals surface area (Å²) in [6.45, 7) is 5.19. The van der Waals surface area contributed by atoms with Crippen molar-refractivity contribution in [3.05, 3.63) is 46.2 Å². The first-order valence-electron chi connectivity index (χ1n) is 7.25. The third-order valence-electron chi connectivity index (χ3n) is 3.31. The molecule has 0 aliphatic rings. The summed E-state index contributed by atoms with van der Waals surface area (Å²) in [5, 5.41) is 14.7. The van der Waals surface area contributed by atoms with E-state index in [-0.39, 0.29) is 6.61 Å². The first-order chi connectivity index (χ1) is 10.2. The van der Waals surface area contributed by atoms with Crippen molar-refractivity contribution >= 4 is 15.9 Å². The molecule has 0 spiro atoms. The molecule has 1 N–H and O–H groups in total. The largest absolute Gasteiger partial charge is 0.491 e. The zero-order chi connectivity index (χ0) is 15.2. The van der Waals surface area contributed by atoms with E-state index in [1.807, 2.05) is 35.0 Å². The van der Waals surface area contributed by atoms with Gasteiger partial charge in [-0.1, -0.05) is 25.1 Å². The number of rotatable bonds is 7. The van der Waals surface area contributed by atoms with E-state index >= 15 is 0 Å². The van der Waals surface area contributed by atoms with Crippen LogP contribution in [0.2, 0.25) is 0 Å². The van der Waals surface area contributed by atoms with Gasteiger partial charge in [0.1, 0.15) is 12.4 Å². The fourth-order valence-corrected chi connectivity index (χ4v) is 2.93. The highest BCUT2D eigenvalue weighted by Crippen LogP contribution is 2.23. The van der Waals surface area contributed by atoms with Gasteiger partial charge in [0.25, 0.3) is 0 Å². The van der Waals surface area contributed by atoms with Crippen LogP contribution in [0.3, 0.4) is 0 Å². The number of hydrogen-bond acceptors (Lipinski definition) is 3. The molecule has 0 fully saturated rings. The Kier molecular flexibility index (Phi) is 5.82. The lowest BCUT2D eigenvalue weighted by Gasteiger charge is -2.13. The Hall–Kier alpha value is -1.33. The number of para-hydroxylation sites is 1. The fraction of sp³-hybridized carbons (Fsp3) is 0.438. The van der Waals surface area contributed by atoms with E-state index in [1.54, 1.807) is 0 Å². The van der Waals surface area contributed by atoms with E-state index in [4.69, 9.17) is 4.74 Å². The molecule has 0 amide bonds. The second-order valence-electron chi connectivity index (χ2n) is 4.86. The summed E-state index contributed by atoms with van der Waals surface area (Å²) in [5.74, 6) is 0.772. The van der Waals surface area contributed by atoms with Crippen LogP contribution in [0.5, 0.6) is 5.75 Å². The molecule has 0 aliphatic carbocycles. The second-order valence-corrected chi connectivity index (χ2v) is 5.65. The van der Waals surface area contributed by atoms with Gasteiger partial charge in [-0.05, 0) is 41.4 Å². The molecule has 0 saturated carbocycles. The van der Waals surface area contributed by atoms with Gasteiger partial charge >= 0.3 is 0 Å². The van der Waals surface area contributed by atoms with Crippen molar-refractivity contribution < 1.29 is 9.84 Å². The lowest BCUT2D eigenvalue weighted by molar-refractivity contribution is 0.106. The van der Waals surface area contributed by atoms with Gasteiger partial charge in [-0.15, -0.1) is 0 Å². The van der Waals surface area contributed by atoms with E-state index in [2.05, 4.69) is 34.9 Å². The van der Waals surface area contributed by atoms with Crippen LogP contribution in [0.15, 0.2) is 34.8 Å². The second kappa shape index (κ2) is 7.61. The van der Waals surface area contributed by atoms with Crippen molar-refractivity contribution in [3.8, 4) is 5.75 Å². The van der Waals surface area contributed by atoms with Crippen LogP contribution in [0.25, 0.3) is 0 Å². The SMILES string of the molecule is CCc1nn(CC)c(CC(O)COc2ccccc2)c1Br. The Morgan fingerprint density at radius 1 is 1.29 bits per heavy atom. The zero-order valence-electron chi connectivity index (χ0n) is 12.4. The summed E-state index contributed by atoms with van der Waals surface area (Å²) in [6.07, 6.45) is 0.832. The Morgan fingerprint density at radius 2 is 2.00 bits per heavy atom. The lowest BCUT2D eigenvalue weighted by atomic mass is 10.2. The monoisotopic (exact) mass is 352 g/mol. The lowest BCUT2D eigenvalue weighted by Crippen LogP contribution is -2.22. The third-order valence-corrected chi connectivity index (χ3v) is 4.22. The van der Waals surface area contributed by atoms with Gasteiger partial charge in [0.05, 0.1) is 22.0 Å². The summed E-state index contributed by atoms with van der Waals surface area (Å²) in [4.78, 5) is 0. The third kappa shape index (κ3) is 4.08. The number of benzene rings is 1. The van der Waals surface area contributed by atoms with Crippen molar-refractivity contribution in [1.29, 1.82) is 0 Å². The molecule has 0 radical (unpaired) electrons. The zero-order valence-corrected chi connectivity index (χ0v) is 14.0. The number of halogens is 1. The highest BCUT2D eigenvalue weighted by Gasteiger charge is 2.17. The molecule has 1 heterocycles. The molecule has 1 atom stereocenters. The quantitative estimate of drug-likeness (QED) is 0.832. The smallest absolute Gasteiger partial charge is 0.119 e. The summed E-state index contributed by atoms with van der Waals surface area (Å²) in [5.41, 5.74) is 2.06. The maximum absolute atomic E-state index is 10.2.